The summed E-state index contributed by atoms with van der Waals surface area (Å²) in [6, 6.07) is 15.5. The summed E-state index contributed by atoms with van der Waals surface area (Å²) in [4.78, 5) is 28.6. The summed E-state index contributed by atoms with van der Waals surface area (Å²) in [5.41, 5.74) is 6.24. The Bertz CT molecular complexity index is 1070. The Morgan fingerprint density at radius 2 is 1.94 bits per heavy atom. The lowest BCUT2D eigenvalue weighted by Gasteiger charge is -2.07. The van der Waals surface area contributed by atoms with E-state index >= 15 is 0 Å². The van der Waals surface area contributed by atoms with Crippen LogP contribution in [0, 0.1) is 12.7 Å². The molecule has 0 unspecified atom stereocenters. The van der Waals surface area contributed by atoms with Crippen molar-refractivity contribution in [2.75, 3.05) is 5.75 Å². The van der Waals surface area contributed by atoms with Crippen LogP contribution in [-0.2, 0) is 9.59 Å². The average Bonchev–Trinajstić information content (AvgIpc) is 2.78. The molecule has 2 amide bonds. The van der Waals surface area contributed by atoms with Crippen molar-refractivity contribution in [3.63, 3.8) is 0 Å². The van der Waals surface area contributed by atoms with Crippen LogP contribution in [0.25, 0.3) is 6.08 Å². The highest BCUT2D eigenvalue weighted by Gasteiger charge is 2.07. The molecule has 2 aromatic carbocycles. The number of thioether (sulfide) groups is 1. The van der Waals surface area contributed by atoms with Crippen molar-refractivity contribution in [3.05, 3.63) is 90.0 Å². The van der Waals surface area contributed by atoms with Gasteiger partial charge in [-0.15, -0.1) is 11.8 Å². The number of hydrogen-bond donors (Lipinski definition) is 2. The molecule has 1 heterocycles. The monoisotopic (exact) mass is 437 g/mol. The van der Waals surface area contributed by atoms with Crippen molar-refractivity contribution in [3.8, 4) is 11.5 Å². The van der Waals surface area contributed by atoms with E-state index in [1.165, 1.54) is 42.2 Å². The lowest BCUT2D eigenvalue weighted by Crippen LogP contribution is -2.41. The highest BCUT2D eigenvalue weighted by Crippen LogP contribution is 2.24. The zero-order valence-corrected chi connectivity index (χ0v) is 17.5. The quantitative estimate of drug-likeness (QED) is 0.328. The number of carbonyl (C=O) groups excluding carboxylic acids is 2. The number of carbonyl (C=O) groups is 2. The van der Waals surface area contributed by atoms with Crippen molar-refractivity contribution in [1.82, 2.24) is 15.8 Å². The van der Waals surface area contributed by atoms with Gasteiger partial charge in [0.1, 0.15) is 5.75 Å². The van der Waals surface area contributed by atoms with E-state index in [4.69, 9.17) is 4.74 Å². The van der Waals surface area contributed by atoms with Crippen molar-refractivity contribution in [2.45, 2.75) is 11.8 Å². The molecule has 0 saturated carbocycles. The summed E-state index contributed by atoms with van der Waals surface area (Å²) in [5.74, 6) is -0.822. The molecular formula is C23H20FN3O3S. The van der Waals surface area contributed by atoms with E-state index in [-0.39, 0.29) is 17.4 Å². The number of nitrogens with zero attached hydrogens (tertiary/aromatic N) is 1. The first-order chi connectivity index (χ1) is 15.0. The van der Waals surface area contributed by atoms with Crippen LogP contribution in [0.1, 0.15) is 11.1 Å². The molecule has 1 aromatic heterocycles. The molecule has 158 valence electrons. The molecule has 0 bridgehead atoms. The first kappa shape index (κ1) is 22.0. The lowest BCUT2D eigenvalue weighted by molar-refractivity contribution is -0.125. The van der Waals surface area contributed by atoms with E-state index in [0.29, 0.717) is 11.3 Å². The number of aryl methyl sites for hydroxylation is 1. The van der Waals surface area contributed by atoms with E-state index in [1.54, 1.807) is 24.4 Å². The summed E-state index contributed by atoms with van der Waals surface area (Å²) < 4.78 is 19.6. The zero-order chi connectivity index (χ0) is 22.1. The number of halogens is 1. The number of benzene rings is 2. The largest absolute Gasteiger partial charge is 0.453 e. The van der Waals surface area contributed by atoms with Crippen molar-refractivity contribution >= 4 is 29.7 Å². The lowest BCUT2D eigenvalue weighted by atomic mass is 10.2. The van der Waals surface area contributed by atoms with Crippen LogP contribution in [0.2, 0.25) is 0 Å². The van der Waals surface area contributed by atoms with Gasteiger partial charge in [-0.05, 0) is 55.0 Å². The molecule has 0 fully saturated rings. The minimum Gasteiger partial charge on any atom is -0.453 e. The number of amides is 2. The predicted octanol–water partition coefficient (Wildman–Crippen LogP) is 4.27. The van der Waals surface area contributed by atoms with Crippen LogP contribution in [0.3, 0.4) is 0 Å². The second-order valence-electron chi connectivity index (χ2n) is 6.45. The molecule has 0 aliphatic rings. The number of hydrogen-bond acceptors (Lipinski definition) is 5. The highest BCUT2D eigenvalue weighted by molar-refractivity contribution is 8.00. The van der Waals surface area contributed by atoms with Gasteiger partial charge in [-0.3, -0.25) is 25.4 Å². The Morgan fingerprint density at radius 3 is 2.65 bits per heavy atom. The summed E-state index contributed by atoms with van der Waals surface area (Å²) in [6.45, 7) is 1.99. The highest BCUT2D eigenvalue weighted by atomic mass is 32.2. The van der Waals surface area contributed by atoms with Gasteiger partial charge in [-0.2, -0.15) is 0 Å². The number of hydrazine groups is 1. The fourth-order valence-electron chi connectivity index (χ4n) is 2.40. The van der Waals surface area contributed by atoms with Gasteiger partial charge in [0.05, 0.1) is 11.9 Å². The third-order valence-electron chi connectivity index (χ3n) is 3.96. The first-order valence-electron chi connectivity index (χ1n) is 9.33. The molecule has 2 N–H and O–H groups in total. The van der Waals surface area contributed by atoms with E-state index in [0.717, 1.165) is 10.5 Å². The summed E-state index contributed by atoms with van der Waals surface area (Å²) in [6.07, 6.45) is 5.70. The summed E-state index contributed by atoms with van der Waals surface area (Å²) in [5, 5.41) is 0. The van der Waals surface area contributed by atoms with Crippen molar-refractivity contribution in [2.24, 2.45) is 0 Å². The van der Waals surface area contributed by atoms with Crippen molar-refractivity contribution in [1.29, 1.82) is 0 Å². The van der Waals surface area contributed by atoms with Crippen LogP contribution in [0.4, 0.5) is 4.39 Å². The topological polar surface area (TPSA) is 80.3 Å². The van der Waals surface area contributed by atoms with E-state index < -0.39 is 11.7 Å². The number of nitrogens with one attached hydrogen (secondary N) is 2. The van der Waals surface area contributed by atoms with Gasteiger partial charge in [-0.1, -0.05) is 23.8 Å². The summed E-state index contributed by atoms with van der Waals surface area (Å²) >= 11 is 1.36. The molecule has 0 radical (unpaired) electrons. The van der Waals surface area contributed by atoms with E-state index in [9.17, 15) is 14.0 Å². The Kier molecular flexibility index (Phi) is 7.78. The molecule has 0 aliphatic heterocycles. The molecule has 3 rings (SSSR count). The average molecular weight is 437 g/mol. The second kappa shape index (κ2) is 10.9. The predicted molar refractivity (Wildman–Crippen MR) is 118 cm³/mol. The molecule has 0 spiro atoms. The third kappa shape index (κ3) is 7.27. The number of ether oxygens (including phenoxy) is 1. The number of aromatic nitrogens is 1. The SMILES string of the molecule is Cc1ccc(SCC(=O)NNC(=O)/C=C/c2ccc(Oc3cccnc3)c(F)c2)cc1. The van der Waals surface area contributed by atoms with Gasteiger partial charge in [0.15, 0.2) is 11.6 Å². The Balaban J connectivity index is 1.45. The molecule has 0 aliphatic carbocycles. The standard InChI is InChI=1S/C23H20FN3O3S/c1-16-4-8-19(9-5-16)31-15-23(29)27-26-22(28)11-7-17-6-10-21(20(24)13-17)30-18-3-2-12-25-14-18/h2-14H,15H2,1H3,(H,26,28)(H,27,29)/b11-7+. The summed E-state index contributed by atoms with van der Waals surface area (Å²) in [7, 11) is 0. The second-order valence-corrected chi connectivity index (χ2v) is 7.50. The van der Waals surface area contributed by atoms with Crippen molar-refractivity contribution < 1.29 is 18.7 Å². The van der Waals surface area contributed by atoms with Crippen LogP contribution < -0.4 is 15.6 Å². The number of rotatable bonds is 7. The minimum absolute atomic E-state index is 0.0490. The van der Waals surface area contributed by atoms with Gasteiger partial charge in [0, 0.05) is 17.2 Å². The molecular weight excluding hydrogens is 417 g/mol. The minimum atomic E-state index is -0.576. The Morgan fingerprint density at radius 1 is 1.13 bits per heavy atom. The van der Waals surface area contributed by atoms with Crippen LogP contribution in [0.5, 0.6) is 11.5 Å². The fourth-order valence-corrected chi connectivity index (χ4v) is 3.10. The third-order valence-corrected chi connectivity index (χ3v) is 4.97. The zero-order valence-electron chi connectivity index (χ0n) is 16.7. The van der Waals surface area contributed by atoms with Gasteiger partial charge in [0.25, 0.3) is 5.91 Å². The Hall–Kier alpha value is -3.65. The van der Waals surface area contributed by atoms with Gasteiger partial charge < -0.3 is 4.74 Å². The van der Waals surface area contributed by atoms with Crippen LogP contribution in [0.15, 0.2) is 78.0 Å². The van der Waals surface area contributed by atoms with Crippen LogP contribution >= 0.6 is 11.8 Å². The molecule has 3 aromatic rings. The molecule has 0 atom stereocenters. The first-order valence-corrected chi connectivity index (χ1v) is 10.3. The molecule has 6 nitrogen and oxygen atoms in total. The molecule has 31 heavy (non-hydrogen) atoms. The molecule has 0 saturated heterocycles. The Labute approximate surface area is 183 Å². The maximum Gasteiger partial charge on any atom is 0.262 e. The normalized spacial score (nSPS) is 10.6. The smallest absolute Gasteiger partial charge is 0.262 e. The van der Waals surface area contributed by atoms with Gasteiger partial charge in [0.2, 0.25) is 5.91 Å². The van der Waals surface area contributed by atoms with Gasteiger partial charge >= 0.3 is 0 Å². The van der Waals surface area contributed by atoms with E-state index in [2.05, 4.69) is 15.8 Å². The van der Waals surface area contributed by atoms with Crippen LogP contribution in [-0.4, -0.2) is 22.6 Å². The van der Waals surface area contributed by atoms with E-state index in [1.807, 2.05) is 31.2 Å². The molecule has 8 heteroatoms. The maximum absolute atomic E-state index is 14.2. The fraction of sp³-hybridized carbons (Fsp3) is 0.0870. The number of pyridine rings is 1. The van der Waals surface area contributed by atoms with Gasteiger partial charge in [-0.25, -0.2) is 4.39 Å². The maximum atomic E-state index is 14.2.